The summed E-state index contributed by atoms with van der Waals surface area (Å²) < 4.78 is 5.34. The monoisotopic (exact) mass is 243 g/mol. The van der Waals surface area contributed by atoms with Crippen molar-refractivity contribution in [1.29, 1.82) is 0 Å². The van der Waals surface area contributed by atoms with E-state index in [1.165, 1.54) is 0 Å². The number of aliphatic carboxylic acids is 1. The van der Waals surface area contributed by atoms with E-state index in [1.807, 2.05) is 13.8 Å². The highest BCUT2D eigenvalue weighted by Crippen LogP contribution is 2.30. The maximum atomic E-state index is 10.8. The summed E-state index contributed by atoms with van der Waals surface area (Å²) >= 11 is 5.93. The van der Waals surface area contributed by atoms with Crippen molar-refractivity contribution >= 4 is 17.6 Å². The lowest BCUT2D eigenvalue weighted by molar-refractivity contribution is -0.138. The molecule has 0 amide bonds. The molecular formula is C11H14ClNO3. The molecule has 0 saturated heterocycles. The van der Waals surface area contributed by atoms with Gasteiger partial charge in [-0.05, 0) is 31.5 Å². The number of nitrogens with two attached hydrogens (primary N) is 1. The Hall–Kier alpha value is -1.26. The standard InChI is InChI=1S/C11H14ClNO3/c1-3-16-9-4-6(2)8(12)5-7(9)10(13)11(14)15/h4-5,10H,3,13H2,1-2H3,(H,14,15). The van der Waals surface area contributed by atoms with Crippen LogP contribution in [0.2, 0.25) is 5.02 Å². The van der Waals surface area contributed by atoms with Crippen molar-refractivity contribution in [2.24, 2.45) is 5.73 Å². The van der Waals surface area contributed by atoms with Crippen LogP contribution in [0.5, 0.6) is 5.75 Å². The van der Waals surface area contributed by atoms with Crippen molar-refractivity contribution in [3.63, 3.8) is 0 Å². The van der Waals surface area contributed by atoms with Gasteiger partial charge in [0.2, 0.25) is 0 Å². The van der Waals surface area contributed by atoms with Crippen molar-refractivity contribution in [3.05, 3.63) is 28.3 Å². The maximum absolute atomic E-state index is 10.8. The summed E-state index contributed by atoms with van der Waals surface area (Å²) in [7, 11) is 0. The molecule has 1 aromatic rings. The van der Waals surface area contributed by atoms with E-state index in [0.29, 0.717) is 22.9 Å². The Bertz CT molecular complexity index is 406. The number of hydrogen-bond donors (Lipinski definition) is 2. The fourth-order valence-electron chi connectivity index (χ4n) is 1.33. The topological polar surface area (TPSA) is 72.5 Å². The van der Waals surface area contributed by atoms with Crippen molar-refractivity contribution in [1.82, 2.24) is 0 Å². The summed E-state index contributed by atoms with van der Waals surface area (Å²) in [6, 6.07) is 2.12. The van der Waals surface area contributed by atoms with Gasteiger partial charge in [-0.1, -0.05) is 11.6 Å². The van der Waals surface area contributed by atoms with Gasteiger partial charge in [-0.2, -0.15) is 0 Å². The van der Waals surface area contributed by atoms with E-state index in [-0.39, 0.29) is 0 Å². The predicted molar refractivity (Wildman–Crippen MR) is 61.9 cm³/mol. The van der Waals surface area contributed by atoms with Crippen LogP contribution in [0.3, 0.4) is 0 Å². The first kappa shape index (κ1) is 12.8. The van der Waals surface area contributed by atoms with Gasteiger partial charge in [0.25, 0.3) is 0 Å². The summed E-state index contributed by atoms with van der Waals surface area (Å²) in [4.78, 5) is 10.8. The SMILES string of the molecule is CCOc1cc(C)c(Cl)cc1C(N)C(=O)O. The molecule has 0 saturated carbocycles. The smallest absolute Gasteiger partial charge is 0.325 e. The predicted octanol–water partition coefficient (Wildman–Crippen LogP) is 2.13. The molecule has 88 valence electrons. The first-order valence-electron chi connectivity index (χ1n) is 4.88. The number of ether oxygens (including phenoxy) is 1. The average molecular weight is 244 g/mol. The van der Waals surface area contributed by atoms with Gasteiger partial charge in [0.15, 0.2) is 0 Å². The van der Waals surface area contributed by atoms with Crippen LogP contribution >= 0.6 is 11.6 Å². The summed E-state index contributed by atoms with van der Waals surface area (Å²) in [5.74, 6) is -0.639. The summed E-state index contributed by atoms with van der Waals surface area (Å²) in [6.45, 7) is 4.08. The first-order chi connectivity index (χ1) is 7.47. The number of aryl methyl sites for hydroxylation is 1. The Morgan fingerprint density at radius 1 is 1.62 bits per heavy atom. The van der Waals surface area contributed by atoms with E-state index in [9.17, 15) is 4.79 Å². The van der Waals surface area contributed by atoms with Crippen LogP contribution in [0.15, 0.2) is 12.1 Å². The lowest BCUT2D eigenvalue weighted by atomic mass is 10.0. The normalized spacial score (nSPS) is 12.2. The number of carbonyl (C=O) groups is 1. The molecule has 1 aromatic carbocycles. The lowest BCUT2D eigenvalue weighted by Gasteiger charge is -2.15. The second-order valence-electron chi connectivity index (χ2n) is 3.39. The van der Waals surface area contributed by atoms with Crippen LogP contribution in [0.1, 0.15) is 24.1 Å². The Balaban J connectivity index is 3.23. The van der Waals surface area contributed by atoms with Crippen LogP contribution < -0.4 is 10.5 Å². The fraction of sp³-hybridized carbons (Fsp3) is 0.364. The van der Waals surface area contributed by atoms with Crippen LogP contribution in [0.4, 0.5) is 0 Å². The highest BCUT2D eigenvalue weighted by Gasteiger charge is 2.20. The third kappa shape index (κ3) is 2.65. The minimum atomic E-state index is -1.13. The molecule has 4 nitrogen and oxygen atoms in total. The quantitative estimate of drug-likeness (QED) is 0.850. The third-order valence-electron chi connectivity index (χ3n) is 2.19. The zero-order valence-electron chi connectivity index (χ0n) is 9.16. The molecule has 0 aliphatic heterocycles. The summed E-state index contributed by atoms with van der Waals surface area (Å²) in [5, 5.41) is 9.35. The Labute approximate surface area is 99.0 Å². The van der Waals surface area contributed by atoms with Crippen LogP contribution in [-0.2, 0) is 4.79 Å². The number of hydrogen-bond acceptors (Lipinski definition) is 3. The fourth-order valence-corrected chi connectivity index (χ4v) is 1.50. The van der Waals surface area contributed by atoms with Crippen molar-refractivity contribution in [2.45, 2.75) is 19.9 Å². The number of carboxylic acid groups (broad SMARTS) is 1. The second-order valence-corrected chi connectivity index (χ2v) is 3.80. The van der Waals surface area contributed by atoms with E-state index in [2.05, 4.69) is 0 Å². The molecule has 1 unspecified atom stereocenters. The highest BCUT2D eigenvalue weighted by molar-refractivity contribution is 6.31. The second kappa shape index (κ2) is 5.18. The number of halogens is 1. The zero-order valence-corrected chi connectivity index (χ0v) is 9.91. The minimum Gasteiger partial charge on any atom is -0.494 e. The maximum Gasteiger partial charge on any atom is 0.325 e. The molecule has 0 aromatic heterocycles. The van der Waals surface area contributed by atoms with Gasteiger partial charge in [0.05, 0.1) is 6.61 Å². The molecular weight excluding hydrogens is 230 g/mol. The molecule has 0 radical (unpaired) electrons. The number of carboxylic acids is 1. The van der Waals surface area contributed by atoms with Crippen LogP contribution in [0, 0.1) is 6.92 Å². The molecule has 0 bridgehead atoms. The molecule has 0 aliphatic carbocycles. The summed E-state index contributed by atoms with van der Waals surface area (Å²) in [6.07, 6.45) is 0. The van der Waals surface area contributed by atoms with E-state index >= 15 is 0 Å². The largest absolute Gasteiger partial charge is 0.494 e. The summed E-state index contributed by atoms with van der Waals surface area (Å²) in [5.41, 5.74) is 6.77. The molecule has 0 aliphatic rings. The molecule has 0 spiro atoms. The van der Waals surface area contributed by atoms with Gasteiger partial charge in [-0.15, -0.1) is 0 Å². The van der Waals surface area contributed by atoms with E-state index in [4.69, 9.17) is 27.2 Å². The van der Waals surface area contributed by atoms with Crippen molar-refractivity contribution in [2.75, 3.05) is 6.61 Å². The van der Waals surface area contributed by atoms with Gasteiger partial charge in [-0.25, -0.2) is 0 Å². The Morgan fingerprint density at radius 2 is 2.25 bits per heavy atom. The molecule has 0 heterocycles. The van der Waals surface area contributed by atoms with Gasteiger partial charge < -0.3 is 15.6 Å². The Morgan fingerprint density at radius 3 is 2.75 bits per heavy atom. The highest BCUT2D eigenvalue weighted by atomic mass is 35.5. The molecule has 5 heteroatoms. The molecule has 1 rings (SSSR count). The molecule has 0 fully saturated rings. The van der Waals surface area contributed by atoms with E-state index in [0.717, 1.165) is 5.56 Å². The molecule has 16 heavy (non-hydrogen) atoms. The lowest BCUT2D eigenvalue weighted by Crippen LogP contribution is -2.21. The molecule has 3 N–H and O–H groups in total. The van der Waals surface area contributed by atoms with Gasteiger partial charge in [-0.3, -0.25) is 4.79 Å². The van der Waals surface area contributed by atoms with Gasteiger partial charge >= 0.3 is 5.97 Å². The van der Waals surface area contributed by atoms with Crippen LogP contribution in [0.25, 0.3) is 0 Å². The average Bonchev–Trinajstić information content (AvgIpc) is 2.22. The van der Waals surface area contributed by atoms with Gasteiger partial charge in [0, 0.05) is 10.6 Å². The molecule has 1 atom stereocenters. The van der Waals surface area contributed by atoms with Crippen LogP contribution in [-0.4, -0.2) is 17.7 Å². The van der Waals surface area contributed by atoms with Crippen molar-refractivity contribution in [3.8, 4) is 5.75 Å². The first-order valence-corrected chi connectivity index (χ1v) is 5.26. The zero-order chi connectivity index (χ0) is 12.3. The Kier molecular flexibility index (Phi) is 4.15. The minimum absolute atomic E-state index is 0.393. The van der Waals surface area contributed by atoms with E-state index in [1.54, 1.807) is 12.1 Å². The van der Waals surface area contributed by atoms with Gasteiger partial charge in [0.1, 0.15) is 11.8 Å². The number of benzene rings is 1. The van der Waals surface area contributed by atoms with Crippen molar-refractivity contribution < 1.29 is 14.6 Å². The van der Waals surface area contributed by atoms with E-state index < -0.39 is 12.0 Å². The third-order valence-corrected chi connectivity index (χ3v) is 2.60. The number of rotatable bonds is 4.